The molecule has 2 heterocycles. The predicted molar refractivity (Wildman–Crippen MR) is 125 cm³/mol. The lowest BCUT2D eigenvalue weighted by molar-refractivity contribution is -0.880. The summed E-state index contributed by atoms with van der Waals surface area (Å²) in [6.45, 7) is 4.51. The minimum Gasteiger partial charge on any atom is -0.344 e. The highest BCUT2D eigenvalue weighted by Crippen LogP contribution is 2.34. The largest absolute Gasteiger partial charge is 0.344 e. The minimum absolute atomic E-state index is 0.0214. The van der Waals surface area contributed by atoms with Crippen LogP contribution in [-0.4, -0.2) is 57.5 Å². The molecule has 2 aromatic carbocycles. The number of nitriles is 1. The first-order chi connectivity index (χ1) is 15.8. The molecule has 0 radical (unpaired) electrons. The maximum atomic E-state index is 13.5. The second-order valence-electron chi connectivity index (χ2n) is 8.13. The van der Waals surface area contributed by atoms with Crippen LogP contribution in [0.25, 0.3) is 11.0 Å². The van der Waals surface area contributed by atoms with Crippen molar-refractivity contribution in [1.29, 1.82) is 5.26 Å². The van der Waals surface area contributed by atoms with Crippen LogP contribution in [0.15, 0.2) is 53.4 Å². The summed E-state index contributed by atoms with van der Waals surface area (Å²) in [5, 5.41) is 11.1. The summed E-state index contributed by atoms with van der Waals surface area (Å²) < 4.78 is 27.0. The van der Waals surface area contributed by atoms with Gasteiger partial charge < -0.3 is 15.1 Å². The van der Waals surface area contributed by atoms with Gasteiger partial charge in [-0.2, -0.15) is 5.26 Å². The van der Waals surface area contributed by atoms with Gasteiger partial charge >= 0.3 is 0 Å². The number of anilines is 2. The summed E-state index contributed by atoms with van der Waals surface area (Å²) in [7, 11) is -1.99. The molecule has 0 saturated carbocycles. The van der Waals surface area contributed by atoms with E-state index in [1.807, 2.05) is 23.1 Å². The van der Waals surface area contributed by atoms with Crippen molar-refractivity contribution >= 4 is 38.3 Å². The molecule has 1 aliphatic heterocycles. The Morgan fingerprint density at radius 3 is 2.27 bits per heavy atom. The number of hydrogen-bond acceptors (Lipinski definition) is 7. The van der Waals surface area contributed by atoms with Gasteiger partial charge in [-0.3, -0.25) is 4.79 Å². The molecule has 170 valence electrons. The maximum Gasteiger partial charge on any atom is 0.221 e. The van der Waals surface area contributed by atoms with E-state index >= 15 is 0 Å². The average molecular weight is 466 g/mol. The van der Waals surface area contributed by atoms with Gasteiger partial charge in [-0.05, 0) is 36.4 Å². The number of aromatic nitrogens is 2. The molecule has 0 aliphatic carbocycles. The number of likely N-dealkylation sites (N-methyl/N-ethyl adjacent to an activating group) is 1. The Balaban J connectivity index is 1.80. The molecule has 1 aliphatic rings. The van der Waals surface area contributed by atoms with Crippen LogP contribution in [-0.2, 0) is 14.6 Å². The molecule has 1 amide bonds. The molecular formula is C23H25N6O3S+. The van der Waals surface area contributed by atoms with Crippen LogP contribution >= 0.6 is 0 Å². The summed E-state index contributed by atoms with van der Waals surface area (Å²) in [5.74, 6) is 0.178. The van der Waals surface area contributed by atoms with Crippen molar-refractivity contribution in [3.8, 4) is 6.07 Å². The number of nitrogens with one attached hydrogen (secondary N) is 2. The summed E-state index contributed by atoms with van der Waals surface area (Å²) >= 11 is 0. The molecule has 1 fully saturated rings. The van der Waals surface area contributed by atoms with Crippen LogP contribution < -0.4 is 15.1 Å². The smallest absolute Gasteiger partial charge is 0.221 e. The number of benzene rings is 2. The Labute approximate surface area is 192 Å². The van der Waals surface area contributed by atoms with E-state index in [9.17, 15) is 18.5 Å². The molecule has 0 spiro atoms. The van der Waals surface area contributed by atoms with E-state index in [1.165, 1.54) is 36.1 Å². The number of carbonyl (C=O) groups excluding carboxylic acids is 1. The molecule has 2 N–H and O–H groups in total. The van der Waals surface area contributed by atoms with E-state index in [1.54, 1.807) is 12.1 Å². The van der Waals surface area contributed by atoms with Crippen LogP contribution in [0, 0.1) is 11.3 Å². The van der Waals surface area contributed by atoms with Gasteiger partial charge in [0.1, 0.15) is 5.69 Å². The number of fused-ring (bicyclic) bond motifs is 1. The fraction of sp³-hybridized carbons (Fsp3) is 0.304. The molecule has 1 atom stereocenters. The van der Waals surface area contributed by atoms with Crippen LogP contribution in [0.4, 0.5) is 11.5 Å². The first-order valence-electron chi connectivity index (χ1n) is 10.6. The Hall–Kier alpha value is -3.55. The summed E-state index contributed by atoms with van der Waals surface area (Å²) in [6, 6.07) is 15.0. The third-order valence-electron chi connectivity index (χ3n) is 5.67. The highest BCUT2D eigenvalue weighted by molar-refractivity contribution is 7.92. The third kappa shape index (κ3) is 4.65. The molecule has 9 nitrogen and oxygen atoms in total. The van der Waals surface area contributed by atoms with Crippen LogP contribution in [0.2, 0.25) is 0 Å². The lowest BCUT2D eigenvalue weighted by Gasteiger charge is -2.32. The highest BCUT2D eigenvalue weighted by atomic mass is 32.2. The van der Waals surface area contributed by atoms with Crippen molar-refractivity contribution in [1.82, 2.24) is 9.97 Å². The average Bonchev–Trinajstić information content (AvgIpc) is 2.79. The van der Waals surface area contributed by atoms with E-state index in [0.29, 0.717) is 35.6 Å². The fourth-order valence-corrected chi connectivity index (χ4v) is 5.24. The third-order valence-corrected chi connectivity index (χ3v) is 7.55. The highest BCUT2D eigenvalue weighted by Gasteiger charge is 2.35. The number of carbonyl (C=O) groups is 1. The number of para-hydroxylation sites is 2. The quantitative estimate of drug-likeness (QED) is 0.576. The van der Waals surface area contributed by atoms with E-state index in [-0.39, 0.29) is 16.5 Å². The summed E-state index contributed by atoms with van der Waals surface area (Å²) in [4.78, 5) is 24.0. The lowest BCUT2D eigenvalue weighted by Crippen LogP contribution is -3.12. The lowest BCUT2D eigenvalue weighted by atomic mass is 10.2. The van der Waals surface area contributed by atoms with E-state index in [2.05, 4.69) is 17.3 Å². The van der Waals surface area contributed by atoms with Crippen molar-refractivity contribution in [2.75, 3.05) is 43.4 Å². The zero-order valence-electron chi connectivity index (χ0n) is 18.4. The predicted octanol–water partition coefficient (Wildman–Crippen LogP) is 0.961. The van der Waals surface area contributed by atoms with Gasteiger partial charge in [0.2, 0.25) is 15.7 Å². The SMILES string of the molecule is CC(=O)Nc1ccc(S(=O)(=O)[C@H](C#N)c2nc3ccccc3nc2N2CC[NH+](C)CC2)cc1. The number of sulfone groups is 1. The van der Waals surface area contributed by atoms with Crippen molar-refractivity contribution in [3.05, 3.63) is 54.2 Å². The second-order valence-corrected chi connectivity index (χ2v) is 10.2. The van der Waals surface area contributed by atoms with Gasteiger partial charge in [0, 0.05) is 12.6 Å². The Morgan fingerprint density at radius 1 is 1.09 bits per heavy atom. The summed E-state index contributed by atoms with van der Waals surface area (Å²) in [6.07, 6.45) is 0. The van der Waals surface area contributed by atoms with Crippen molar-refractivity contribution < 1.29 is 18.1 Å². The number of piperazine rings is 1. The summed E-state index contributed by atoms with van der Waals surface area (Å²) in [5.41, 5.74) is 1.80. The second kappa shape index (κ2) is 9.13. The fourth-order valence-electron chi connectivity index (χ4n) is 3.86. The van der Waals surface area contributed by atoms with Gasteiger partial charge in [-0.15, -0.1) is 0 Å². The minimum atomic E-state index is -4.10. The van der Waals surface area contributed by atoms with E-state index < -0.39 is 15.1 Å². The van der Waals surface area contributed by atoms with Crippen LogP contribution in [0.5, 0.6) is 0 Å². The van der Waals surface area contributed by atoms with E-state index in [4.69, 9.17) is 4.98 Å². The molecule has 0 bridgehead atoms. The number of nitrogens with zero attached hydrogens (tertiary/aromatic N) is 4. The van der Waals surface area contributed by atoms with Gasteiger partial charge in [0.25, 0.3) is 0 Å². The van der Waals surface area contributed by atoms with Gasteiger partial charge in [-0.1, -0.05) is 12.1 Å². The Morgan fingerprint density at radius 2 is 1.70 bits per heavy atom. The zero-order chi connectivity index (χ0) is 23.6. The number of quaternary nitrogens is 1. The first-order valence-corrected chi connectivity index (χ1v) is 12.2. The standard InChI is InChI=1S/C23H24N6O3S/c1-16(30)25-17-7-9-18(10-8-17)33(31,32)21(15-24)22-23(29-13-11-28(2)12-14-29)27-20-6-4-3-5-19(20)26-22/h3-10,21H,11-14H2,1-2H3,(H,25,30)/p+1/t21-/m1/s1. The molecule has 0 unspecified atom stereocenters. The molecule has 4 rings (SSSR count). The topological polar surface area (TPSA) is 120 Å². The number of rotatable bonds is 5. The van der Waals surface area contributed by atoms with Gasteiger partial charge in [0.05, 0.1) is 55.2 Å². The zero-order valence-corrected chi connectivity index (χ0v) is 19.3. The monoisotopic (exact) mass is 465 g/mol. The van der Waals surface area contributed by atoms with Crippen LogP contribution in [0.1, 0.15) is 17.9 Å². The molecule has 1 aromatic heterocycles. The van der Waals surface area contributed by atoms with Crippen LogP contribution in [0.3, 0.4) is 0 Å². The van der Waals surface area contributed by atoms with Crippen molar-refractivity contribution in [2.24, 2.45) is 0 Å². The van der Waals surface area contributed by atoms with Gasteiger partial charge in [-0.25, -0.2) is 18.4 Å². The molecule has 10 heteroatoms. The maximum absolute atomic E-state index is 13.5. The van der Waals surface area contributed by atoms with Gasteiger partial charge in [0.15, 0.2) is 11.1 Å². The first kappa shape index (κ1) is 22.6. The Kier molecular flexibility index (Phi) is 6.26. The molecule has 1 saturated heterocycles. The van der Waals surface area contributed by atoms with E-state index in [0.717, 1.165) is 13.1 Å². The number of amides is 1. The van der Waals surface area contributed by atoms with Crippen molar-refractivity contribution in [2.45, 2.75) is 17.1 Å². The molecule has 3 aromatic rings. The molecular weight excluding hydrogens is 440 g/mol. The van der Waals surface area contributed by atoms with Crippen molar-refractivity contribution in [3.63, 3.8) is 0 Å². The number of hydrogen-bond donors (Lipinski definition) is 2. The normalized spacial score (nSPS) is 15.7. The molecule has 33 heavy (non-hydrogen) atoms. The Bertz CT molecular complexity index is 1330.